The number of aromatic nitrogens is 2. The molecule has 0 N–H and O–H groups in total. The van der Waals surface area contributed by atoms with E-state index < -0.39 is 12.1 Å². The summed E-state index contributed by atoms with van der Waals surface area (Å²) in [5.74, 6) is 1.42. The fourth-order valence-corrected chi connectivity index (χ4v) is 2.52. The first-order valence-corrected chi connectivity index (χ1v) is 8.92. The van der Waals surface area contributed by atoms with Crippen LogP contribution in [0.15, 0.2) is 47.0 Å². The SMILES string of the molecule is COc1ccc(-c2noc(COC(=O)[C@H](C)Oc3ccc(C#N)cc3)n2)c(OC)c1. The summed E-state index contributed by atoms with van der Waals surface area (Å²) in [6, 6.07) is 13.6. The van der Waals surface area contributed by atoms with E-state index in [0.29, 0.717) is 34.2 Å². The van der Waals surface area contributed by atoms with Gasteiger partial charge in [-0.15, -0.1) is 0 Å². The molecule has 1 aromatic heterocycles. The van der Waals surface area contributed by atoms with Crippen molar-refractivity contribution in [3.63, 3.8) is 0 Å². The molecule has 0 radical (unpaired) electrons. The second-order valence-electron chi connectivity index (χ2n) is 6.08. The molecule has 1 atom stereocenters. The monoisotopic (exact) mass is 409 g/mol. The Hall–Kier alpha value is -4.06. The highest BCUT2D eigenvalue weighted by Gasteiger charge is 2.19. The molecule has 0 saturated heterocycles. The van der Waals surface area contributed by atoms with Crippen LogP contribution in [0.4, 0.5) is 0 Å². The van der Waals surface area contributed by atoms with Crippen molar-refractivity contribution in [1.82, 2.24) is 10.1 Å². The molecule has 0 aliphatic carbocycles. The third-order valence-corrected chi connectivity index (χ3v) is 4.08. The Morgan fingerprint density at radius 1 is 1.13 bits per heavy atom. The second kappa shape index (κ2) is 9.43. The third kappa shape index (κ3) is 4.86. The quantitative estimate of drug-likeness (QED) is 0.517. The summed E-state index contributed by atoms with van der Waals surface area (Å²) in [5.41, 5.74) is 1.11. The standard InChI is InChI=1S/C21H19N3O6/c1-13(29-15-6-4-14(11-22)5-7-15)21(25)28-12-19-23-20(24-30-19)17-9-8-16(26-2)10-18(17)27-3/h4-10,13H,12H2,1-3H3/t13-/m0/s1. The molecule has 3 rings (SSSR count). The predicted octanol–water partition coefficient (Wildman–Crippen LogP) is 3.14. The molecule has 9 nitrogen and oxygen atoms in total. The predicted molar refractivity (Wildman–Crippen MR) is 104 cm³/mol. The van der Waals surface area contributed by atoms with Gasteiger partial charge in [0.15, 0.2) is 12.7 Å². The van der Waals surface area contributed by atoms with Crippen LogP contribution in [0, 0.1) is 11.3 Å². The largest absolute Gasteiger partial charge is 0.497 e. The highest BCUT2D eigenvalue weighted by atomic mass is 16.6. The van der Waals surface area contributed by atoms with Crippen molar-refractivity contribution in [3.8, 4) is 34.7 Å². The van der Waals surface area contributed by atoms with E-state index in [-0.39, 0.29) is 12.5 Å². The first kappa shape index (κ1) is 20.7. The number of hydrogen-bond donors (Lipinski definition) is 0. The Labute approximate surface area is 172 Å². The van der Waals surface area contributed by atoms with Crippen molar-refractivity contribution in [2.75, 3.05) is 14.2 Å². The summed E-state index contributed by atoms with van der Waals surface area (Å²) in [7, 11) is 3.08. The number of carbonyl (C=O) groups is 1. The fourth-order valence-electron chi connectivity index (χ4n) is 2.52. The Morgan fingerprint density at radius 2 is 1.87 bits per heavy atom. The molecule has 0 saturated carbocycles. The number of esters is 1. The highest BCUT2D eigenvalue weighted by Crippen LogP contribution is 2.31. The third-order valence-electron chi connectivity index (χ3n) is 4.08. The lowest BCUT2D eigenvalue weighted by atomic mass is 10.2. The van der Waals surface area contributed by atoms with E-state index in [9.17, 15) is 4.79 Å². The van der Waals surface area contributed by atoms with Crippen LogP contribution < -0.4 is 14.2 Å². The Balaban J connectivity index is 1.59. The van der Waals surface area contributed by atoms with E-state index in [1.165, 1.54) is 7.11 Å². The van der Waals surface area contributed by atoms with Crippen molar-refractivity contribution >= 4 is 5.97 Å². The van der Waals surface area contributed by atoms with Gasteiger partial charge in [-0.2, -0.15) is 10.2 Å². The van der Waals surface area contributed by atoms with Gasteiger partial charge in [0.1, 0.15) is 17.2 Å². The van der Waals surface area contributed by atoms with Crippen LogP contribution in [0.25, 0.3) is 11.4 Å². The summed E-state index contributed by atoms with van der Waals surface area (Å²) in [6.07, 6.45) is -0.859. The zero-order valence-corrected chi connectivity index (χ0v) is 16.6. The van der Waals surface area contributed by atoms with Crippen molar-refractivity contribution in [1.29, 1.82) is 5.26 Å². The van der Waals surface area contributed by atoms with Crippen molar-refractivity contribution in [2.24, 2.45) is 0 Å². The van der Waals surface area contributed by atoms with E-state index >= 15 is 0 Å². The van der Waals surface area contributed by atoms with Gasteiger partial charge in [-0.3, -0.25) is 0 Å². The fraction of sp³-hybridized carbons (Fsp3) is 0.238. The smallest absolute Gasteiger partial charge is 0.347 e. The van der Waals surface area contributed by atoms with Gasteiger partial charge >= 0.3 is 5.97 Å². The average molecular weight is 409 g/mol. The van der Waals surface area contributed by atoms with Crippen LogP contribution in [0.3, 0.4) is 0 Å². The summed E-state index contributed by atoms with van der Waals surface area (Å²) in [4.78, 5) is 16.4. The van der Waals surface area contributed by atoms with E-state index in [0.717, 1.165) is 0 Å². The Bertz CT molecular complexity index is 1060. The molecule has 1 heterocycles. The maximum atomic E-state index is 12.2. The van der Waals surface area contributed by atoms with Gasteiger partial charge in [-0.05, 0) is 43.3 Å². The normalized spacial score (nSPS) is 11.3. The van der Waals surface area contributed by atoms with E-state index in [4.69, 9.17) is 28.7 Å². The van der Waals surface area contributed by atoms with Crippen LogP contribution in [-0.4, -0.2) is 36.4 Å². The van der Waals surface area contributed by atoms with Crippen LogP contribution >= 0.6 is 0 Å². The lowest BCUT2D eigenvalue weighted by molar-refractivity contribution is -0.153. The minimum absolute atomic E-state index is 0.127. The van der Waals surface area contributed by atoms with Gasteiger partial charge in [-0.1, -0.05) is 5.16 Å². The van der Waals surface area contributed by atoms with Crippen LogP contribution in [0.5, 0.6) is 17.2 Å². The highest BCUT2D eigenvalue weighted by molar-refractivity contribution is 5.74. The number of nitriles is 1. The topological polar surface area (TPSA) is 117 Å². The molecule has 0 unspecified atom stereocenters. The number of hydrogen-bond acceptors (Lipinski definition) is 9. The molecular formula is C21H19N3O6. The maximum absolute atomic E-state index is 12.2. The minimum Gasteiger partial charge on any atom is -0.497 e. The minimum atomic E-state index is -0.859. The Morgan fingerprint density at radius 3 is 2.53 bits per heavy atom. The number of methoxy groups -OCH3 is 2. The molecule has 2 aromatic carbocycles. The first-order chi connectivity index (χ1) is 14.5. The van der Waals surface area contributed by atoms with Crippen molar-refractivity contribution < 1.29 is 28.3 Å². The molecule has 0 amide bonds. The van der Waals surface area contributed by atoms with E-state index in [1.54, 1.807) is 56.5 Å². The molecular weight excluding hydrogens is 390 g/mol. The van der Waals surface area contributed by atoms with Crippen molar-refractivity contribution in [3.05, 3.63) is 53.9 Å². The zero-order valence-electron chi connectivity index (χ0n) is 16.6. The lowest BCUT2D eigenvalue weighted by Gasteiger charge is -2.13. The molecule has 9 heteroatoms. The molecule has 3 aromatic rings. The molecule has 0 bridgehead atoms. The average Bonchev–Trinajstić information content (AvgIpc) is 3.26. The van der Waals surface area contributed by atoms with Crippen LogP contribution in [0.2, 0.25) is 0 Å². The molecule has 0 fully saturated rings. The molecule has 0 aliphatic heterocycles. The zero-order chi connectivity index (χ0) is 21.5. The van der Waals surface area contributed by atoms with Crippen LogP contribution in [0.1, 0.15) is 18.4 Å². The van der Waals surface area contributed by atoms with E-state index in [1.807, 2.05) is 6.07 Å². The van der Waals surface area contributed by atoms with Gasteiger partial charge in [0.25, 0.3) is 5.89 Å². The van der Waals surface area contributed by atoms with E-state index in [2.05, 4.69) is 10.1 Å². The second-order valence-corrected chi connectivity index (χ2v) is 6.08. The number of ether oxygens (including phenoxy) is 4. The molecule has 154 valence electrons. The van der Waals surface area contributed by atoms with Gasteiger partial charge in [0.2, 0.25) is 5.82 Å². The van der Waals surface area contributed by atoms with Gasteiger partial charge in [0.05, 0.1) is 31.4 Å². The molecule has 0 spiro atoms. The summed E-state index contributed by atoms with van der Waals surface area (Å²) in [6.45, 7) is 1.35. The summed E-state index contributed by atoms with van der Waals surface area (Å²) < 4.78 is 26.3. The summed E-state index contributed by atoms with van der Waals surface area (Å²) >= 11 is 0. The lowest BCUT2D eigenvalue weighted by Crippen LogP contribution is -2.26. The molecule has 30 heavy (non-hydrogen) atoms. The van der Waals surface area contributed by atoms with Crippen molar-refractivity contribution in [2.45, 2.75) is 19.6 Å². The number of benzene rings is 2. The Kier molecular flexibility index (Phi) is 6.49. The summed E-state index contributed by atoms with van der Waals surface area (Å²) in [5, 5.41) is 12.7. The molecule has 0 aliphatic rings. The van der Waals surface area contributed by atoms with Gasteiger partial charge < -0.3 is 23.5 Å². The van der Waals surface area contributed by atoms with Gasteiger partial charge in [-0.25, -0.2) is 4.79 Å². The maximum Gasteiger partial charge on any atom is 0.347 e. The number of rotatable bonds is 8. The number of nitrogens with zero attached hydrogens (tertiary/aromatic N) is 3. The van der Waals surface area contributed by atoms with Crippen LogP contribution in [-0.2, 0) is 16.1 Å². The van der Waals surface area contributed by atoms with Gasteiger partial charge in [0, 0.05) is 6.07 Å². The number of carbonyl (C=O) groups excluding carboxylic acids is 1. The first-order valence-electron chi connectivity index (χ1n) is 8.92.